The van der Waals surface area contributed by atoms with Gasteiger partial charge in [-0.15, -0.1) is 0 Å². The molecule has 27 heavy (non-hydrogen) atoms. The molecule has 0 heterocycles. The van der Waals surface area contributed by atoms with Gasteiger partial charge in [-0.25, -0.2) is 0 Å². The van der Waals surface area contributed by atoms with Gasteiger partial charge in [-0.05, 0) is 50.5 Å². The average Bonchev–Trinajstić information content (AvgIpc) is 2.64. The van der Waals surface area contributed by atoms with E-state index in [4.69, 9.17) is 0 Å². The lowest BCUT2D eigenvalue weighted by Gasteiger charge is -2.33. The van der Waals surface area contributed by atoms with Crippen molar-refractivity contribution in [3.8, 4) is 0 Å². The lowest BCUT2D eigenvalue weighted by molar-refractivity contribution is 0.149. The molecule has 3 unspecified atom stereocenters. The quantitative estimate of drug-likeness (QED) is 0.202. The summed E-state index contributed by atoms with van der Waals surface area (Å²) in [5, 5.41) is 0. The SMILES string of the molecule is CCCCCCC(C)N(CCC(C)CCCC(C)C)CC(CC)CCCC. The summed E-state index contributed by atoms with van der Waals surface area (Å²) in [5.41, 5.74) is 0. The van der Waals surface area contributed by atoms with Gasteiger partial charge in [-0.2, -0.15) is 0 Å². The minimum Gasteiger partial charge on any atom is -0.300 e. The second-order valence-corrected chi connectivity index (χ2v) is 9.83. The second kappa shape index (κ2) is 18.0. The fourth-order valence-corrected chi connectivity index (χ4v) is 4.19. The highest BCUT2D eigenvalue weighted by Crippen LogP contribution is 2.21. The number of rotatable bonds is 19. The average molecular weight is 382 g/mol. The van der Waals surface area contributed by atoms with Crippen LogP contribution in [0.3, 0.4) is 0 Å². The Kier molecular flexibility index (Phi) is 18.0. The van der Waals surface area contributed by atoms with Crippen LogP contribution in [0.5, 0.6) is 0 Å². The summed E-state index contributed by atoms with van der Waals surface area (Å²) in [7, 11) is 0. The molecule has 0 bridgehead atoms. The van der Waals surface area contributed by atoms with Crippen LogP contribution in [0.4, 0.5) is 0 Å². The maximum atomic E-state index is 2.87. The summed E-state index contributed by atoms with van der Waals surface area (Å²) < 4.78 is 0. The highest BCUT2D eigenvalue weighted by Gasteiger charge is 2.18. The lowest BCUT2D eigenvalue weighted by Crippen LogP contribution is -2.38. The van der Waals surface area contributed by atoms with E-state index in [1.54, 1.807) is 0 Å². The molecule has 0 rings (SSSR count). The van der Waals surface area contributed by atoms with E-state index >= 15 is 0 Å². The topological polar surface area (TPSA) is 3.24 Å². The van der Waals surface area contributed by atoms with Crippen molar-refractivity contribution in [3.63, 3.8) is 0 Å². The van der Waals surface area contributed by atoms with Gasteiger partial charge in [-0.1, -0.05) is 106 Å². The molecule has 0 radical (unpaired) electrons. The minimum absolute atomic E-state index is 0.764. The van der Waals surface area contributed by atoms with Crippen LogP contribution in [-0.4, -0.2) is 24.0 Å². The molecule has 3 atom stereocenters. The largest absolute Gasteiger partial charge is 0.300 e. The van der Waals surface area contributed by atoms with Gasteiger partial charge in [0.2, 0.25) is 0 Å². The Morgan fingerprint density at radius 3 is 1.93 bits per heavy atom. The third-order valence-electron chi connectivity index (χ3n) is 6.52. The van der Waals surface area contributed by atoms with Gasteiger partial charge in [0, 0.05) is 12.6 Å². The molecule has 0 aliphatic carbocycles. The zero-order valence-corrected chi connectivity index (χ0v) is 20.4. The summed E-state index contributed by atoms with van der Waals surface area (Å²) in [5.74, 6) is 2.65. The van der Waals surface area contributed by atoms with Crippen molar-refractivity contribution in [1.29, 1.82) is 0 Å². The summed E-state index contributed by atoms with van der Waals surface area (Å²) >= 11 is 0. The molecule has 0 saturated heterocycles. The standard InChI is InChI=1S/C26H55N/c1-8-11-13-14-18-25(7)27(22-26(10-3)19-12-9-2)21-20-24(6)17-15-16-23(4)5/h23-26H,8-22H2,1-7H3. The van der Waals surface area contributed by atoms with Crippen LogP contribution in [0.2, 0.25) is 0 Å². The van der Waals surface area contributed by atoms with E-state index < -0.39 is 0 Å². The Bertz CT molecular complexity index is 299. The molecule has 0 amide bonds. The van der Waals surface area contributed by atoms with E-state index in [0.717, 1.165) is 23.8 Å². The van der Waals surface area contributed by atoms with Gasteiger partial charge in [0.1, 0.15) is 0 Å². The molecule has 0 aromatic carbocycles. The fraction of sp³-hybridized carbons (Fsp3) is 1.00. The summed E-state index contributed by atoms with van der Waals surface area (Å²) in [6.07, 6.45) is 18.1. The van der Waals surface area contributed by atoms with Gasteiger partial charge in [0.15, 0.2) is 0 Å². The third-order valence-corrected chi connectivity index (χ3v) is 6.52. The van der Waals surface area contributed by atoms with E-state index in [2.05, 4.69) is 53.4 Å². The summed E-state index contributed by atoms with van der Waals surface area (Å²) in [4.78, 5) is 2.87. The van der Waals surface area contributed by atoms with Gasteiger partial charge >= 0.3 is 0 Å². The fourth-order valence-electron chi connectivity index (χ4n) is 4.19. The molecule has 0 spiro atoms. The van der Waals surface area contributed by atoms with Crippen LogP contribution in [0.25, 0.3) is 0 Å². The summed E-state index contributed by atoms with van der Waals surface area (Å²) in [6.45, 7) is 19.4. The highest BCUT2D eigenvalue weighted by atomic mass is 15.1. The van der Waals surface area contributed by atoms with Crippen LogP contribution in [0.15, 0.2) is 0 Å². The Morgan fingerprint density at radius 2 is 1.33 bits per heavy atom. The van der Waals surface area contributed by atoms with Gasteiger partial charge in [0.05, 0.1) is 0 Å². The van der Waals surface area contributed by atoms with Crippen molar-refractivity contribution in [2.75, 3.05) is 13.1 Å². The monoisotopic (exact) mass is 381 g/mol. The first-order chi connectivity index (χ1) is 12.9. The predicted octanol–water partition coefficient (Wildman–Crippen LogP) is 8.72. The molecule has 0 aromatic heterocycles. The molecule has 0 aliphatic heterocycles. The van der Waals surface area contributed by atoms with Crippen LogP contribution in [-0.2, 0) is 0 Å². The maximum absolute atomic E-state index is 2.87. The number of hydrogen-bond acceptors (Lipinski definition) is 1. The molecule has 0 N–H and O–H groups in total. The van der Waals surface area contributed by atoms with Crippen molar-refractivity contribution in [1.82, 2.24) is 4.90 Å². The Morgan fingerprint density at radius 1 is 0.630 bits per heavy atom. The molecular weight excluding hydrogens is 326 g/mol. The first-order valence-corrected chi connectivity index (χ1v) is 12.7. The maximum Gasteiger partial charge on any atom is 0.00670 e. The predicted molar refractivity (Wildman–Crippen MR) is 126 cm³/mol. The first-order valence-electron chi connectivity index (χ1n) is 12.7. The van der Waals surface area contributed by atoms with E-state index in [1.165, 1.54) is 96.6 Å². The van der Waals surface area contributed by atoms with Gasteiger partial charge in [-0.3, -0.25) is 0 Å². The van der Waals surface area contributed by atoms with Crippen LogP contribution >= 0.6 is 0 Å². The molecule has 0 aliphatic rings. The van der Waals surface area contributed by atoms with E-state index in [-0.39, 0.29) is 0 Å². The number of unbranched alkanes of at least 4 members (excludes halogenated alkanes) is 4. The van der Waals surface area contributed by atoms with E-state index in [0.29, 0.717) is 0 Å². The zero-order chi connectivity index (χ0) is 20.5. The Balaban J connectivity index is 4.51. The first kappa shape index (κ1) is 27.0. The molecule has 0 saturated carbocycles. The van der Waals surface area contributed by atoms with Crippen molar-refractivity contribution in [3.05, 3.63) is 0 Å². The van der Waals surface area contributed by atoms with Crippen LogP contribution < -0.4 is 0 Å². The van der Waals surface area contributed by atoms with Crippen LogP contribution in [0.1, 0.15) is 132 Å². The molecule has 0 aromatic rings. The molecule has 1 heteroatoms. The highest BCUT2D eigenvalue weighted by molar-refractivity contribution is 4.73. The van der Waals surface area contributed by atoms with Crippen molar-refractivity contribution in [2.45, 2.75) is 138 Å². The number of hydrogen-bond donors (Lipinski definition) is 0. The van der Waals surface area contributed by atoms with Gasteiger partial charge in [0.25, 0.3) is 0 Å². The van der Waals surface area contributed by atoms with E-state index in [9.17, 15) is 0 Å². The van der Waals surface area contributed by atoms with E-state index in [1.807, 2.05) is 0 Å². The minimum atomic E-state index is 0.764. The van der Waals surface area contributed by atoms with Crippen molar-refractivity contribution < 1.29 is 0 Å². The molecule has 0 fully saturated rings. The molecular formula is C26H55N. The Hall–Kier alpha value is -0.0400. The Labute approximate surface area is 174 Å². The lowest BCUT2D eigenvalue weighted by atomic mass is 9.95. The zero-order valence-electron chi connectivity index (χ0n) is 20.4. The summed E-state index contributed by atoms with van der Waals surface area (Å²) in [6, 6.07) is 0.764. The second-order valence-electron chi connectivity index (χ2n) is 9.83. The molecule has 164 valence electrons. The third kappa shape index (κ3) is 15.5. The number of nitrogens with zero attached hydrogens (tertiary/aromatic N) is 1. The normalized spacial score (nSPS) is 15.4. The van der Waals surface area contributed by atoms with Gasteiger partial charge < -0.3 is 4.90 Å². The van der Waals surface area contributed by atoms with Crippen molar-refractivity contribution in [2.24, 2.45) is 17.8 Å². The smallest absolute Gasteiger partial charge is 0.00670 e. The molecule has 1 nitrogen and oxygen atoms in total. The van der Waals surface area contributed by atoms with Crippen LogP contribution in [0, 0.1) is 17.8 Å². The van der Waals surface area contributed by atoms with Crippen molar-refractivity contribution >= 4 is 0 Å².